The number of carboxylic acid groups (broad SMARTS) is 1. The average Bonchev–Trinajstić information content (AvgIpc) is 3.16. The largest absolute Gasteiger partial charge is 0.478 e. The predicted molar refractivity (Wildman–Crippen MR) is 103 cm³/mol. The Morgan fingerprint density at radius 3 is 2.37 bits per heavy atom. The van der Waals surface area contributed by atoms with Crippen LogP contribution < -0.4 is 5.32 Å². The molecule has 140 valence electrons. The van der Waals surface area contributed by atoms with Gasteiger partial charge in [0.15, 0.2) is 0 Å². The number of halogens is 1. The van der Waals surface area contributed by atoms with Gasteiger partial charge < -0.3 is 15.3 Å². The van der Waals surface area contributed by atoms with Crippen LogP contribution in [0, 0.1) is 6.92 Å². The average molecular weight is 387 g/mol. The van der Waals surface area contributed by atoms with Crippen LogP contribution in [0.1, 0.15) is 49.5 Å². The number of hydrogen-bond acceptors (Lipinski definition) is 3. The van der Waals surface area contributed by atoms with Crippen LogP contribution in [-0.4, -0.2) is 40.9 Å². The van der Waals surface area contributed by atoms with Crippen molar-refractivity contribution in [3.63, 3.8) is 0 Å². The van der Waals surface area contributed by atoms with E-state index < -0.39 is 11.9 Å². The van der Waals surface area contributed by atoms with Gasteiger partial charge in [-0.25, -0.2) is 4.79 Å². The lowest BCUT2D eigenvalue weighted by atomic mass is 10.1. The zero-order valence-corrected chi connectivity index (χ0v) is 15.5. The molecule has 0 unspecified atom stereocenters. The third-order valence-corrected chi connectivity index (χ3v) is 4.68. The highest BCUT2D eigenvalue weighted by molar-refractivity contribution is 6.31. The van der Waals surface area contributed by atoms with E-state index in [9.17, 15) is 19.5 Å². The predicted octanol–water partition coefficient (Wildman–Crippen LogP) is 3.83. The molecule has 0 atom stereocenters. The monoisotopic (exact) mass is 386 g/mol. The first-order valence-corrected chi connectivity index (χ1v) is 8.98. The van der Waals surface area contributed by atoms with E-state index in [1.807, 2.05) is 0 Å². The van der Waals surface area contributed by atoms with E-state index in [-0.39, 0.29) is 17.0 Å². The number of carbonyl (C=O) groups excluding carboxylic acids is 2. The summed E-state index contributed by atoms with van der Waals surface area (Å²) in [6, 6.07) is 9.11. The summed E-state index contributed by atoms with van der Waals surface area (Å²) in [6.45, 7) is 3.07. The molecule has 2 amide bonds. The van der Waals surface area contributed by atoms with Crippen molar-refractivity contribution < 1.29 is 19.5 Å². The number of amides is 2. The quantitative estimate of drug-likeness (QED) is 0.835. The molecule has 0 spiro atoms. The highest BCUT2D eigenvalue weighted by Gasteiger charge is 2.23. The fourth-order valence-electron chi connectivity index (χ4n) is 3.13. The molecule has 0 aromatic heterocycles. The molecule has 3 rings (SSSR count). The maximum Gasteiger partial charge on any atom is 0.335 e. The molecule has 2 aromatic rings. The van der Waals surface area contributed by atoms with Crippen molar-refractivity contribution in [3.8, 4) is 0 Å². The topological polar surface area (TPSA) is 86.7 Å². The Hall–Kier alpha value is -2.86. The maximum absolute atomic E-state index is 12.8. The molecule has 7 heteroatoms. The molecular formula is C20H19ClN2O4. The first-order chi connectivity index (χ1) is 12.8. The van der Waals surface area contributed by atoms with Gasteiger partial charge in [-0.3, -0.25) is 9.59 Å². The van der Waals surface area contributed by atoms with Crippen molar-refractivity contribution in [1.82, 2.24) is 4.90 Å². The van der Waals surface area contributed by atoms with E-state index in [1.165, 1.54) is 18.2 Å². The fourth-order valence-corrected chi connectivity index (χ4v) is 3.30. The number of aryl methyl sites for hydroxylation is 1. The van der Waals surface area contributed by atoms with Crippen LogP contribution in [0.2, 0.25) is 5.02 Å². The van der Waals surface area contributed by atoms with Crippen molar-refractivity contribution >= 4 is 35.1 Å². The van der Waals surface area contributed by atoms with Gasteiger partial charge in [0.2, 0.25) is 0 Å². The summed E-state index contributed by atoms with van der Waals surface area (Å²) in [5.41, 5.74) is 1.57. The highest BCUT2D eigenvalue weighted by atomic mass is 35.5. The molecule has 2 N–H and O–H groups in total. The van der Waals surface area contributed by atoms with Crippen LogP contribution in [-0.2, 0) is 0 Å². The summed E-state index contributed by atoms with van der Waals surface area (Å²) in [5.74, 6) is -1.77. The molecule has 6 nitrogen and oxygen atoms in total. The molecule has 1 heterocycles. The zero-order valence-electron chi connectivity index (χ0n) is 14.8. The van der Waals surface area contributed by atoms with Crippen molar-refractivity contribution in [2.75, 3.05) is 18.4 Å². The minimum atomic E-state index is -1.11. The second kappa shape index (κ2) is 7.80. The van der Waals surface area contributed by atoms with Gasteiger partial charge in [-0.2, -0.15) is 0 Å². The number of carbonyl (C=O) groups is 3. The lowest BCUT2D eigenvalue weighted by Gasteiger charge is -2.18. The molecule has 1 aliphatic heterocycles. The third kappa shape index (κ3) is 4.28. The van der Waals surface area contributed by atoms with Crippen molar-refractivity contribution in [1.29, 1.82) is 0 Å². The van der Waals surface area contributed by atoms with Gasteiger partial charge >= 0.3 is 5.97 Å². The van der Waals surface area contributed by atoms with Crippen LogP contribution in [0.25, 0.3) is 0 Å². The Bertz CT molecular complexity index is 920. The minimum Gasteiger partial charge on any atom is -0.478 e. The van der Waals surface area contributed by atoms with Gasteiger partial charge in [-0.1, -0.05) is 11.6 Å². The number of aromatic carboxylic acids is 1. The Kier molecular flexibility index (Phi) is 5.46. The summed E-state index contributed by atoms with van der Waals surface area (Å²) in [4.78, 5) is 38.4. The van der Waals surface area contributed by atoms with Gasteiger partial charge in [-0.05, 0) is 61.7 Å². The highest BCUT2D eigenvalue weighted by Crippen LogP contribution is 2.25. The van der Waals surface area contributed by atoms with Gasteiger partial charge in [0.25, 0.3) is 11.8 Å². The summed E-state index contributed by atoms with van der Waals surface area (Å²) in [7, 11) is 0. The van der Waals surface area contributed by atoms with E-state index >= 15 is 0 Å². The van der Waals surface area contributed by atoms with E-state index in [4.69, 9.17) is 11.6 Å². The Labute approximate surface area is 161 Å². The van der Waals surface area contributed by atoms with Crippen LogP contribution in [0.5, 0.6) is 0 Å². The van der Waals surface area contributed by atoms with Gasteiger partial charge in [0.1, 0.15) is 0 Å². The Balaban J connectivity index is 1.90. The van der Waals surface area contributed by atoms with Crippen LogP contribution >= 0.6 is 11.6 Å². The van der Waals surface area contributed by atoms with Crippen LogP contribution in [0.4, 0.5) is 5.69 Å². The van der Waals surface area contributed by atoms with E-state index in [1.54, 1.807) is 30.0 Å². The number of likely N-dealkylation sites (tertiary alicyclic amines) is 1. The number of benzene rings is 2. The SMILES string of the molecule is Cc1cc(C(=O)O)cc(C(=O)Nc2ccc(Cl)cc2C(=O)N2CCCC2)c1. The van der Waals surface area contributed by atoms with Crippen molar-refractivity contribution in [2.24, 2.45) is 0 Å². The summed E-state index contributed by atoms with van der Waals surface area (Å²) in [5, 5.41) is 12.3. The molecule has 1 fully saturated rings. The van der Waals surface area contributed by atoms with Crippen molar-refractivity contribution in [3.05, 3.63) is 63.7 Å². The van der Waals surface area contributed by atoms with Gasteiger partial charge in [0.05, 0.1) is 16.8 Å². The Morgan fingerprint density at radius 2 is 1.70 bits per heavy atom. The minimum absolute atomic E-state index is 0.0321. The number of nitrogens with one attached hydrogen (secondary N) is 1. The van der Waals surface area contributed by atoms with E-state index in [0.29, 0.717) is 34.9 Å². The standard InChI is InChI=1S/C20H19ClN2O4/c1-12-8-13(10-14(9-12)20(26)27)18(24)22-17-5-4-15(21)11-16(17)19(25)23-6-2-3-7-23/h4-5,8-11H,2-3,6-7H2,1H3,(H,22,24)(H,26,27). The lowest BCUT2D eigenvalue weighted by molar-refractivity contribution is 0.0696. The maximum atomic E-state index is 12.8. The smallest absolute Gasteiger partial charge is 0.335 e. The number of anilines is 1. The molecule has 1 saturated heterocycles. The lowest BCUT2D eigenvalue weighted by Crippen LogP contribution is -2.29. The number of nitrogens with zero attached hydrogens (tertiary/aromatic N) is 1. The molecule has 2 aromatic carbocycles. The summed E-state index contributed by atoms with van der Waals surface area (Å²) < 4.78 is 0. The second-order valence-corrected chi connectivity index (χ2v) is 6.97. The first kappa shape index (κ1) is 18.9. The fraction of sp³-hybridized carbons (Fsp3) is 0.250. The van der Waals surface area contributed by atoms with Gasteiger partial charge in [-0.15, -0.1) is 0 Å². The number of hydrogen-bond donors (Lipinski definition) is 2. The zero-order chi connectivity index (χ0) is 19.6. The molecule has 0 bridgehead atoms. The molecule has 0 aliphatic carbocycles. The summed E-state index contributed by atoms with van der Waals surface area (Å²) >= 11 is 6.05. The molecule has 0 radical (unpaired) electrons. The van der Waals surface area contributed by atoms with Gasteiger partial charge in [0, 0.05) is 23.7 Å². The Morgan fingerprint density at radius 1 is 1.04 bits per heavy atom. The van der Waals surface area contributed by atoms with E-state index in [2.05, 4.69) is 5.32 Å². The van der Waals surface area contributed by atoms with Crippen LogP contribution in [0.15, 0.2) is 36.4 Å². The van der Waals surface area contributed by atoms with E-state index in [0.717, 1.165) is 12.8 Å². The van der Waals surface area contributed by atoms with Crippen molar-refractivity contribution in [2.45, 2.75) is 19.8 Å². The number of carboxylic acids is 1. The third-order valence-electron chi connectivity index (χ3n) is 4.44. The summed E-state index contributed by atoms with van der Waals surface area (Å²) in [6.07, 6.45) is 1.91. The number of rotatable bonds is 4. The second-order valence-electron chi connectivity index (χ2n) is 6.54. The molecule has 27 heavy (non-hydrogen) atoms. The first-order valence-electron chi connectivity index (χ1n) is 8.60. The van der Waals surface area contributed by atoms with Crippen LogP contribution in [0.3, 0.4) is 0 Å². The molecular weight excluding hydrogens is 368 g/mol. The molecule has 1 aliphatic rings. The molecule has 0 saturated carbocycles. The normalized spacial score (nSPS) is 13.5.